The number of hydrogen-bond donors (Lipinski definition) is 0. The summed E-state index contributed by atoms with van der Waals surface area (Å²) < 4.78 is 1.90. The predicted molar refractivity (Wildman–Crippen MR) is 80.5 cm³/mol. The Morgan fingerprint density at radius 1 is 1.29 bits per heavy atom. The molecule has 2 fully saturated rings. The molecule has 0 spiro atoms. The monoisotopic (exact) mass is 290 g/mol. The first kappa shape index (κ1) is 14.5. The molecule has 2 aliphatic rings. The van der Waals surface area contributed by atoms with Crippen molar-refractivity contribution in [1.29, 1.82) is 0 Å². The third-order valence-electron chi connectivity index (χ3n) is 5.27. The van der Waals surface area contributed by atoms with Crippen LogP contribution < -0.4 is 0 Å². The molecule has 0 aromatic carbocycles. The fourth-order valence-electron chi connectivity index (χ4n) is 3.84. The maximum atomic E-state index is 12.5. The van der Waals surface area contributed by atoms with E-state index in [-0.39, 0.29) is 5.41 Å². The Balaban J connectivity index is 1.45. The Morgan fingerprint density at radius 3 is 2.62 bits per heavy atom. The maximum absolute atomic E-state index is 12.5. The Hall–Kier alpha value is -1.39. The Bertz CT molecular complexity index is 457. The van der Waals surface area contributed by atoms with E-state index in [1.54, 1.807) is 12.7 Å². The van der Waals surface area contributed by atoms with E-state index in [0.717, 1.165) is 38.9 Å². The highest BCUT2D eigenvalue weighted by Gasteiger charge is 2.33. The molecule has 0 bridgehead atoms. The van der Waals surface area contributed by atoms with Gasteiger partial charge in [-0.2, -0.15) is 5.10 Å². The molecule has 5 heteroatoms. The van der Waals surface area contributed by atoms with Crippen LogP contribution in [0.5, 0.6) is 0 Å². The third-order valence-corrected chi connectivity index (χ3v) is 5.27. The van der Waals surface area contributed by atoms with Crippen LogP contribution in [0.2, 0.25) is 0 Å². The van der Waals surface area contributed by atoms with E-state index in [2.05, 4.69) is 21.9 Å². The fraction of sp³-hybridized carbons (Fsp3) is 0.812. The second-order valence-corrected chi connectivity index (χ2v) is 7.14. The van der Waals surface area contributed by atoms with E-state index in [9.17, 15) is 4.79 Å². The average molecular weight is 290 g/mol. The van der Waals surface area contributed by atoms with Gasteiger partial charge < -0.3 is 4.90 Å². The molecule has 1 aromatic heterocycles. The summed E-state index contributed by atoms with van der Waals surface area (Å²) in [5, 5.41) is 4.17. The Morgan fingerprint density at radius 2 is 2.00 bits per heavy atom. The number of aromatic nitrogens is 3. The zero-order valence-electron chi connectivity index (χ0n) is 13.0. The summed E-state index contributed by atoms with van der Waals surface area (Å²) in [6, 6.07) is 0. The smallest absolute Gasteiger partial charge is 0.223 e. The first-order valence-electron chi connectivity index (χ1n) is 8.25. The maximum Gasteiger partial charge on any atom is 0.223 e. The summed E-state index contributed by atoms with van der Waals surface area (Å²) >= 11 is 0. The summed E-state index contributed by atoms with van der Waals surface area (Å²) in [6.45, 7) is 5.04. The number of rotatable bonds is 4. The van der Waals surface area contributed by atoms with Crippen molar-refractivity contribution >= 4 is 5.91 Å². The molecule has 1 amide bonds. The van der Waals surface area contributed by atoms with Crippen molar-refractivity contribution < 1.29 is 4.79 Å². The van der Waals surface area contributed by atoms with Gasteiger partial charge in [-0.05, 0) is 37.0 Å². The van der Waals surface area contributed by atoms with E-state index in [4.69, 9.17) is 0 Å². The second kappa shape index (κ2) is 6.16. The minimum absolute atomic E-state index is 0.272. The molecular weight excluding hydrogens is 264 g/mol. The molecule has 1 saturated heterocycles. The van der Waals surface area contributed by atoms with Crippen molar-refractivity contribution in [3.8, 4) is 0 Å². The van der Waals surface area contributed by atoms with Crippen molar-refractivity contribution in [3.05, 3.63) is 12.7 Å². The number of hydrogen-bond acceptors (Lipinski definition) is 3. The zero-order chi connectivity index (χ0) is 14.7. The van der Waals surface area contributed by atoms with Crippen LogP contribution in [0.15, 0.2) is 12.7 Å². The summed E-state index contributed by atoms with van der Waals surface area (Å²) in [5.41, 5.74) is 0.272. The van der Waals surface area contributed by atoms with Gasteiger partial charge in [0, 0.05) is 26.1 Å². The van der Waals surface area contributed by atoms with Crippen molar-refractivity contribution in [2.75, 3.05) is 13.1 Å². The molecule has 0 radical (unpaired) electrons. The quantitative estimate of drug-likeness (QED) is 0.856. The van der Waals surface area contributed by atoms with E-state index in [1.807, 2.05) is 4.68 Å². The van der Waals surface area contributed by atoms with Gasteiger partial charge in [-0.15, -0.1) is 0 Å². The van der Waals surface area contributed by atoms with Crippen LogP contribution in [0.4, 0.5) is 0 Å². The highest BCUT2D eigenvalue weighted by molar-refractivity contribution is 5.77. The average Bonchev–Trinajstić information content (AvgIpc) is 3.11. The minimum atomic E-state index is 0.272. The van der Waals surface area contributed by atoms with Gasteiger partial charge in [0.2, 0.25) is 5.91 Å². The highest BCUT2D eigenvalue weighted by atomic mass is 16.2. The van der Waals surface area contributed by atoms with Crippen LogP contribution in [0, 0.1) is 11.3 Å². The van der Waals surface area contributed by atoms with Crippen LogP contribution >= 0.6 is 0 Å². The van der Waals surface area contributed by atoms with Gasteiger partial charge in [-0.3, -0.25) is 9.48 Å². The molecule has 1 aromatic rings. The SMILES string of the molecule is CC1(CC(=O)N2CCC(Cn3cncn3)CC2)CCCC1. The number of likely N-dealkylation sites (tertiary alicyclic amines) is 1. The Labute approximate surface area is 126 Å². The van der Waals surface area contributed by atoms with Gasteiger partial charge in [0.15, 0.2) is 0 Å². The van der Waals surface area contributed by atoms with Gasteiger partial charge in [-0.1, -0.05) is 19.8 Å². The van der Waals surface area contributed by atoms with Crippen molar-refractivity contribution in [1.82, 2.24) is 19.7 Å². The first-order chi connectivity index (χ1) is 10.1. The van der Waals surface area contributed by atoms with Gasteiger partial charge in [0.25, 0.3) is 0 Å². The lowest BCUT2D eigenvalue weighted by molar-refractivity contribution is -0.134. The van der Waals surface area contributed by atoms with Gasteiger partial charge in [0.05, 0.1) is 0 Å². The molecule has 1 saturated carbocycles. The van der Waals surface area contributed by atoms with Gasteiger partial charge in [0.1, 0.15) is 12.7 Å². The largest absolute Gasteiger partial charge is 0.343 e. The number of nitrogens with zero attached hydrogens (tertiary/aromatic N) is 4. The molecule has 1 aliphatic heterocycles. The summed E-state index contributed by atoms with van der Waals surface area (Å²) in [4.78, 5) is 18.5. The minimum Gasteiger partial charge on any atom is -0.343 e. The van der Waals surface area contributed by atoms with Crippen molar-refractivity contribution in [2.24, 2.45) is 11.3 Å². The standard InChI is InChI=1S/C16H26N4O/c1-16(6-2-3-7-16)10-15(21)19-8-4-14(5-9-19)11-20-13-17-12-18-20/h12-14H,2-11H2,1H3. The van der Waals surface area contributed by atoms with E-state index in [0.29, 0.717) is 11.8 Å². The molecule has 3 rings (SSSR count). The predicted octanol–water partition coefficient (Wildman–Crippen LogP) is 2.49. The number of carbonyl (C=O) groups is 1. The molecule has 116 valence electrons. The lowest BCUT2D eigenvalue weighted by Crippen LogP contribution is -2.41. The molecule has 0 atom stereocenters. The summed E-state index contributed by atoms with van der Waals surface area (Å²) in [6.07, 6.45) is 11.3. The van der Waals surface area contributed by atoms with Crippen LogP contribution in [0.3, 0.4) is 0 Å². The molecule has 2 heterocycles. The number of carbonyl (C=O) groups excluding carboxylic acids is 1. The zero-order valence-corrected chi connectivity index (χ0v) is 13.0. The topological polar surface area (TPSA) is 51.0 Å². The van der Waals surface area contributed by atoms with Crippen LogP contribution in [0.1, 0.15) is 51.9 Å². The molecular formula is C16H26N4O. The molecule has 0 unspecified atom stereocenters. The fourth-order valence-corrected chi connectivity index (χ4v) is 3.84. The van der Waals surface area contributed by atoms with E-state index >= 15 is 0 Å². The Kier molecular flexibility index (Phi) is 4.27. The van der Waals surface area contributed by atoms with Gasteiger partial charge >= 0.3 is 0 Å². The molecule has 21 heavy (non-hydrogen) atoms. The van der Waals surface area contributed by atoms with Crippen molar-refractivity contribution in [2.45, 2.75) is 58.4 Å². The molecule has 1 aliphatic carbocycles. The number of piperidine rings is 1. The number of amides is 1. The first-order valence-corrected chi connectivity index (χ1v) is 8.25. The molecule has 5 nitrogen and oxygen atoms in total. The molecule has 0 N–H and O–H groups in total. The van der Waals surface area contributed by atoms with Crippen LogP contribution in [-0.4, -0.2) is 38.7 Å². The second-order valence-electron chi connectivity index (χ2n) is 7.14. The normalized spacial score (nSPS) is 22.6. The van der Waals surface area contributed by atoms with Crippen LogP contribution in [-0.2, 0) is 11.3 Å². The van der Waals surface area contributed by atoms with Crippen molar-refractivity contribution in [3.63, 3.8) is 0 Å². The highest BCUT2D eigenvalue weighted by Crippen LogP contribution is 2.41. The third kappa shape index (κ3) is 3.63. The van der Waals surface area contributed by atoms with Crippen LogP contribution in [0.25, 0.3) is 0 Å². The van der Waals surface area contributed by atoms with E-state index < -0.39 is 0 Å². The summed E-state index contributed by atoms with van der Waals surface area (Å²) in [7, 11) is 0. The van der Waals surface area contributed by atoms with E-state index in [1.165, 1.54) is 25.7 Å². The lowest BCUT2D eigenvalue weighted by Gasteiger charge is -2.34. The lowest BCUT2D eigenvalue weighted by atomic mass is 9.84. The van der Waals surface area contributed by atoms with Gasteiger partial charge in [-0.25, -0.2) is 4.98 Å². The summed E-state index contributed by atoms with van der Waals surface area (Å²) in [5.74, 6) is 0.997.